The van der Waals surface area contributed by atoms with E-state index < -0.39 is 0 Å². The van der Waals surface area contributed by atoms with Crippen LogP contribution >= 0.6 is 15.9 Å². The van der Waals surface area contributed by atoms with Gasteiger partial charge >= 0.3 is 0 Å². The van der Waals surface area contributed by atoms with E-state index in [9.17, 15) is 9.59 Å². The highest BCUT2D eigenvalue weighted by molar-refractivity contribution is 9.10. The highest BCUT2D eigenvalue weighted by atomic mass is 79.9. The van der Waals surface area contributed by atoms with Crippen LogP contribution in [0.2, 0.25) is 0 Å². The average Bonchev–Trinajstić information content (AvgIpc) is 3.09. The van der Waals surface area contributed by atoms with Crippen LogP contribution in [-0.2, 0) is 22.4 Å². The normalized spacial score (nSPS) is 12.4. The van der Waals surface area contributed by atoms with Gasteiger partial charge in [-0.3, -0.25) is 9.59 Å². The number of likely N-dealkylation sites (N-methyl/N-ethyl adjacent to an activating group) is 1. The van der Waals surface area contributed by atoms with Gasteiger partial charge in [0.1, 0.15) is 5.75 Å². The summed E-state index contributed by atoms with van der Waals surface area (Å²) in [6, 6.07) is 11.6. The molecule has 1 aliphatic carbocycles. The second-order valence-electron chi connectivity index (χ2n) is 6.83. The summed E-state index contributed by atoms with van der Waals surface area (Å²) in [5, 5.41) is 2.83. The van der Waals surface area contributed by atoms with Crippen molar-refractivity contribution in [1.82, 2.24) is 4.90 Å². The second kappa shape index (κ2) is 8.57. The van der Waals surface area contributed by atoms with E-state index in [1.54, 1.807) is 7.05 Å². The average molecular weight is 431 g/mol. The topological polar surface area (TPSA) is 58.6 Å². The molecule has 2 amide bonds. The minimum absolute atomic E-state index is 0.0259. The molecule has 0 heterocycles. The predicted octanol–water partition coefficient (Wildman–Crippen LogP) is 3.72. The van der Waals surface area contributed by atoms with E-state index in [0.717, 1.165) is 28.6 Å². The minimum Gasteiger partial charge on any atom is -0.484 e. The summed E-state index contributed by atoms with van der Waals surface area (Å²) in [6.45, 7) is 1.81. The molecule has 0 saturated heterocycles. The van der Waals surface area contributed by atoms with Gasteiger partial charge in [0.05, 0.1) is 6.54 Å². The van der Waals surface area contributed by atoms with E-state index in [4.69, 9.17) is 4.74 Å². The highest BCUT2D eigenvalue weighted by Gasteiger charge is 2.16. The lowest BCUT2D eigenvalue weighted by molar-refractivity contribution is -0.135. The molecule has 2 aromatic carbocycles. The summed E-state index contributed by atoms with van der Waals surface area (Å²) in [5.74, 6) is 0.222. The number of aryl methyl sites for hydroxylation is 3. The van der Waals surface area contributed by atoms with Gasteiger partial charge in [0, 0.05) is 17.2 Å². The Kier molecular flexibility index (Phi) is 6.16. The molecule has 1 N–H and O–H groups in total. The van der Waals surface area contributed by atoms with E-state index in [-0.39, 0.29) is 25.0 Å². The maximum Gasteiger partial charge on any atom is 0.260 e. The molecule has 1 aliphatic rings. The standard InChI is InChI=1S/C21H23BrN2O3/c1-14-10-17(22)7-9-19(14)23-20(25)12-24(2)21(26)13-27-18-8-6-15-4-3-5-16(15)11-18/h6-11H,3-5,12-13H2,1-2H3,(H,23,25). The SMILES string of the molecule is Cc1cc(Br)ccc1NC(=O)CN(C)C(=O)COc1ccc2c(c1)CCC2. The van der Waals surface area contributed by atoms with Crippen LogP contribution in [0.25, 0.3) is 0 Å². The molecule has 0 atom stereocenters. The van der Waals surface area contributed by atoms with E-state index in [1.165, 1.54) is 22.4 Å². The molecule has 0 unspecified atom stereocenters. The van der Waals surface area contributed by atoms with Crippen molar-refractivity contribution in [2.24, 2.45) is 0 Å². The smallest absolute Gasteiger partial charge is 0.260 e. The molecular formula is C21H23BrN2O3. The summed E-state index contributed by atoms with van der Waals surface area (Å²) in [7, 11) is 1.60. The number of halogens is 1. The lowest BCUT2D eigenvalue weighted by Crippen LogP contribution is -2.37. The van der Waals surface area contributed by atoms with Crippen LogP contribution in [0.3, 0.4) is 0 Å². The van der Waals surface area contributed by atoms with Crippen LogP contribution in [-0.4, -0.2) is 36.9 Å². The summed E-state index contributed by atoms with van der Waals surface area (Å²) in [5.41, 5.74) is 4.35. The minimum atomic E-state index is -0.242. The molecule has 0 spiro atoms. The third kappa shape index (κ3) is 5.10. The van der Waals surface area contributed by atoms with Gasteiger partial charge in [-0.1, -0.05) is 22.0 Å². The van der Waals surface area contributed by atoms with E-state index in [2.05, 4.69) is 27.3 Å². The van der Waals surface area contributed by atoms with Crippen molar-refractivity contribution in [3.63, 3.8) is 0 Å². The Hall–Kier alpha value is -2.34. The summed E-state index contributed by atoms with van der Waals surface area (Å²) in [6.07, 6.45) is 3.35. The van der Waals surface area contributed by atoms with Gasteiger partial charge in [0.15, 0.2) is 6.61 Å². The number of rotatable bonds is 6. The number of nitrogens with zero attached hydrogens (tertiary/aromatic N) is 1. The Labute approximate surface area is 167 Å². The number of ether oxygens (including phenoxy) is 1. The van der Waals surface area contributed by atoms with E-state index in [1.807, 2.05) is 37.3 Å². The van der Waals surface area contributed by atoms with Gasteiger partial charge in [0.2, 0.25) is 5.91 Å². The fourth-order valence-corrected chi connectivity index (χ4v) is 3.63. The van der Waals surface area contributed by atoms with Crippen molar-refractivity contribution in [2.45, 2.75) is 26.2 Å². The maximum absolute atomic E-state index is 12.3. The van der Waals surface area contributed by atoms with E-state index in [0.29, 0.717) is 5.75 Å². The molecule has 0 bridgehead atoms. The van der Waals surface area contributed by atoms with E-state index >= 15 is 0 Å². The molecule has 0 saturated carbocycles. The third-order valence-corrected chi connectivity index (χ3v) is 5.19. The molecule has 0 radical (unpaired) electrons. The lowest BCUT2D eigenvalue weighted by Gasteiger charge is -2.18. The summed E-state index contributed by atoms with van der Waals surface area (Å²) < 4.78 is 6.57. The largest absolute Gasteiger partial charge is 0.484 e. The quantitative estimate of drug-likeness (QED) is 0.759. The zero-order valence-corrected chi connectivity index (χ0v) is 17.1. The number of fused-ring (bicyclic) bond motifs is 1. The van der Waals surface area contributed by atoms with Gasteiger partial charge in [-0.2, -0.15) is 0 Å². The summed E-state index contributed by atoms with van der Waals surface area (Å²) in [4.78, 5) is 25.8. The first-order valence-corrected chi connectivity index (χ1v) is 9.76. The molecule has 0 aliphatic heterocycles. The highest BCUT2D eigenvalue weighted by Crippen LogP contribution is 2.26. The zero-order chi connectivity index (χ0) is 19.4. The lowest BCUT2D eigenvalue weighted by atomic mass is 10.1. The Morgan fingerprint density at radius 3 is 2.70 bits per heavy atom. The van der Waals surface area contributed by atoms with Crippen molar-refractivity contribution in [3.05, 3.63) is 57.6 Å². The third-order valence-electron chi connectivity index (χ3n) is 4.70. The number of amides is 2. The van der Waals surface area contributed by atoms with Crippen LogP contribution in [0.1, 0.15) is 23.1 Å². The van der Waals surface area contributed by atoms with Crippen LogP contribution < -0.4 is 10.1 Å². The zero-order valence-electron chi connectivity index (χ0n) is 15.5. The Morgan fingerprint density at radius 2 is 1.93 bits per heavy atom. The van der Waals surface area contributed by atoms with Crippen LogP contribution in [0.5, 0.6) is 5.75 Å². The molecule has 3 rings (SSSR count). The molecule has 2 aromatic rings. The first kappa shape index (κ1) is 19.4. The Bertz CT molecular complexity index is 867. The molecule has 0 aromatic heterocycles. The number of benzene rings is 2. The molecule has 27 heavy (non-hydrogen) atoms. The van der Waals surface area contributed by atoms with Crippen molar-refractivity contribution in [1.29, 1.82) is 0 Å². The second-order valence-corrected chi connectivity index (χ2v) is 7.75. The van der Waals surface area contributed by atoms with Gasteiger partial charge in [-0.15, -0.1) is 0 Å². The van der Waals surface area contributed by atoms with Crippen LogP contribution in [0, 0.1) is 6.92 Å². The predicted molar refractivity (Wildman–Crippen MR) is 109 cm³/mol. The number of anilines is 1. The Morgan fingerprint density at radius 1 is 1.15 bits per heavy atom. The van der Waals surface area contributed by atoms with Gasteiger partial charge < -0.3 is 15.0 Å². The molecule has 6 heteroatoms. The summed E-state index contributed by atoms with van der Waals surface area (Å²) >= 11 is 3.40. The number of carbonyl (C=O) groups excluding carboxylic acids is 2. The molecular weight excluding hydrogens is 408 g/mol. The van der Waals surface area contributed by atoms with Crippen molar-refractivity contribution >= 4 is 33.4 Å². The van der Waals surface area contributed by atoms with Gasteiger partial charge in [-0.05, 0) is 73.2 Å². The van der Waals surface area contributed by atoms with Crippen molar-refractivity contribution in [3.8, 4) is 5.75 Å². The fourth-order valence-electron chi connectivity index (χ4n) is 3.15. The van der Waals surface area contributed by atoms with Gasteiger partial charge in [-0.25, -0.2) is 0 Å². The molecule has 0 fully saturated rings. The van der Waals surface area contributed by atoms with Crippen LogP contribution in [0.4, 0.5) is 5.69 Å². The monoisotopic (exact) mass is 430 g/mol. The fraction of sp³-hybridized carbons (Fsp3) is 0.333. The number of nitrogens with one attached hydrogen (secondary N) is 1. The van der Waals surface area contributed by atoms with Crippen molar-refractivity contribution < 1.29 is 14.3 Å². The number of hydrogen-bond donors (Lipinski definition) is 1. The molecule has 142 valence electrons. The Balaban J connectivity index is 1.49. The maximum atomic E-state index is 12.3. The number of carbonyl (C=O) groups is 2. The number of hydrogen-bond acceptors (Lipinski definition) is 3. The van der Waals surface area contributed by atoms with Crippen LogP contribution in [0.15, 0.2) is 40.9 Å². The molecule has 5 nitrogen and oxygen atoms in total. The van der Waals surface area contributed by atoms with Crippen molar-refractivity contribution in [2.75, 3.05) is 25.5 Å². The van der Waals surface area contributed by atoms with Gasteiger partial charge in [0.25, 0.3) is 5.91 Å². The first-order valence-electron chi connectivity index (χ1n) is 8.97. The first-order chi connectivity index (χ1) is 12.9.